The smallest absolute Gasteiger partial charge is 0.338 e. The van der Waals surface area contributed by atoms with E-state index in [4.69, 9.17) is 9.15 Å². The molecule has 1 atom stereocenters. The van der Waals surface area contributed by atoms with Crippen LogP contribution in [0.1, 0.15) is 31.2 Å². The second-order valence-corrected chi connectivity index (χ2v) is 10.3. The van der Waals surface area contributed by atoms with Gasteiger partial charge in [-0.2, -0.15) is 0 Å². The lowest BCUT2D eigenvalue weighted by atomic mass is 9.96. The molecule has 9 nitrogen and oxygen atoms in total. The van der Waals surface area contributed by atoms with E-state index >= 15 is 0 Å². The van der Waals surface area contributed by atoms with Crippen molar-refractivity contribution in [1.29, 1.82) is 0 Å². The minimum absolute atomic E-state index is 0.107. The zero-order chi connectivity index (χ0) is 27.0. The number of allylic oxidation sites excluding steroid dienone is 1. The Balaban J connectivity index is 1.63. The Kier molecular flexibility index (Phi) is 6.96. The second kappa shape index (κ2) is 10.3. The summed E-state index contributed by atoms with van der Waals surface area (Å²) in [5.74, 6) is 0.120. The van der Waals surface area contributed by atoms with Crippen LogP contribution in [-0.2, 0) is 9.53 Å². The maximum Gasteiger partial charge on any atom is 0.338 e. The van der Waals surface area contributed by atoms with Gasteiger partial charge in [-0.3, -0.25) is 19.5 Å². The van der Waals surface area contributed by atoms with Crippen molar-refractivity contribution in [1.82, 2.24) is 4.57 Å². The molecule has 0 N–H and O–H groups in total. The molecule has 4 aromatic rings. The standard InChI is InChI=1S/C27H20BrN3O6S/c1-3-36-26(33)23-15(2)29-27-30(24(23)16-7-5-4-6-8-16)25(32)22(38-27)14-18-10-12-21(37-18)19-11-9-17(28)13-20(19)31(34)35/h4-14,24H,3H2,1-2H3/b22-14-/t24-/m0/s1. The van der Waals surface area contributed by atoms with E-state index in [9.17, 15) is 19.7 Å². The molecular formula is C27H20BrN3O6S. The Morgan fingerprint density at radius 3 is 2.71 bits per heavy atom. The molecule has 0 spiro atoms. The van der Waals surface area contributed by atoms with Gasteiger partial charge in [0.25, 0.3) is 11.2 Å². The molecule has 192 valence electrons. The Morgan fingerprint density at radius 1 is 1.24 bits per heavy atom. The van der Waals surface area contributed by atoms with Gasteiger partial charge in [-0.05, 0) is 43.7 Å². The zero-order valence-corrected chi connectivity index (χ0v) is 22.6. The highest BCUT2D eigenvalue weighted by molar-refractivity contribution is 9.10. The third kappa shape index (κ3) is 4.66. The van der Waals surface area contributed by atoms with E-state index in [0.717, 1.165) is 5.56 Å². The van der Waals surface area contributed by atoms with Crippen molar-refractivity contribution >= 4 is 45.0 Å². The molecule has 0 fully saturated rings. The summed E-state index contributed by atoms with van der Waals surface area (Å²) in [6.07, 6.45) is 1.57. The first-order valence-electron chi connectivity index (χ1n) is 11.6. The van der Waals surface area contributed by atoms with Crippen molar-refractivity contribution in [2.75, 3.05) is 6.61 Å². The van der Waals surface area contributed by atoms with Gasteiger partial charge in [-0.25, -0.2) is 9.79 Å². The molecule has 0 amide bonds. The maximum atomic E-state index is 13.7. The van der Waals surface area contributed by atoms with Gasteiger partial charge in [0, 0.05) is 16.6 Å². The Bertz CT molecular complexity index is 1780. The summed E-state index contributed by atoms with van der Waals surface area (Å²) in [6.45, 7) is 3.64. The van der Waals surface area contributed by atoms with Crippen LogP contribution < -0.4 is 14.9 Å². The minimum atomic E-state index is -0.703. The molecular weight excluding hydrogens is 574 g/mol. The highest BCUT2D eigenvalue weighted by atomic mass is 79.9. The summed E-state index contributed by atoms with van der Waals surface area (Å²) in [5, 5.41) is 11.5. The summed E-state index contributed by atoms with van der Waals surface area (Å²) in [5.41, 5.74) is 1.40. The molecule has 2 aromatic heterocycles. The SMILES string of the molecule is CCOC(=O)C1=C(C)N=c2s/c(=C\c3ccc(-c4ccc(Br)cc4[N+](=O)[O-])o3)c(=O)n2[C@H]1c1ccccc1. The van der Waals surface area contributed by atoms with Gasteiger partial charge < -0.3 is 9.15 Å². The van der Waals surface area contributed by atoms with Gasteiger partial charge >= 0.3 is 5.97 Å². The first-order chi connectivity index (χ1) is 18.3. The number of hydrogen-bond donors (Lipinski definition) is 0. The Labute approximate surface area is 228 Å². The van der Waals surface area contributed by atoms with Crippen LogP contribution in [0, 0.1) is 10.1 Å². The molecule has 1 aliphatic rings. The highest BCUT2D eigenvalue weighted by Crippen LogP contribution is 2.34. The minimum Gasteiger partial charge on any atom is -0.463 e. The molecule has 11 heteroatoms. The average molecular weight is 594 g/mol. The van der Waals surface area contributed by atoms with Gasteiger partial charge in [0.15, 0.2) is 4.80 Å². The van der Waals surface area contributed by atoms with Crippen LogP contribution in [0.4, 0.5) is 5.69 Å². The van der Waals surface area contributed by atoms with E-state index in [0.29, 0.717) is 42.2 Å². The number of thiazole rings is 1. The van der Waals surface area contributed by atoms with Crippen molar-refractivity contribution in [2.45, 2.75) is 19.9 Å². The number of nitro groups is 1. The molecule has 0 saturated carbocycles. The van der Waals surface area contributed by atoms with Crippen LogP contribution in [0.15, 0.2) is 90.6 Å². The van der Waals surface area contributed by atoms with Crippen LogP contribution in [0.5, 0.6) is 0 Å². The number of halogens is 1. The van der Waals surface area contributed by atoms with Crippen molar-refractivity contribution in [3.05, 3.63) is 118 Å². The van der Waals surface area contributed by atoms with Crippen LogP contribution in [0.2, 0.25) is 0 Å². The number of aromatic nitrogens is 1. The summed E-state index contributed by atoms with van der Waals surface area (Å²) in [6, 6.07) is 16.5. The molecule has 5 rings (SSSR count). The zero-order valence-electron chi connectivity index (χ0n) is 20.2. The van der Waals surface area contributed by atoms with E-state index in [-0.39, 0.29) is 17.9 Å². The quantitative estimate of drug-likeness (QED) is 0.181. The fourth-order valence-electron chi connectivity index (χ4n) is 4.31. The van der Waals surface area contributed by atoms with Crippen LogP contribution in [0.3, 0.4) is 0 Å². The number of carbonyl (C=O) groups is 1. The van der Waals surface area contributed by atoms with Crippen molar-refractivity contribution in [2.24, 2.45) is 4.99 Å². The lowest BCUT2D eigenvalue weighted by molar-refractivity contribution is -0.384. The molecule has 1 aliphatic heterocycles. The Morgan fingerprint density at radius 2 is 2.00 bits per heavy atom. The van der Waals surface area contributed by atoms with E-state index in [1.807, 2.05) is 30.3 Å². The largest absolute Gasteiger partial charge is 0.463 e. The molecule has 0 aliphatic carbocycles. The molecule has 0 radical (unpaired) electrons. The molecule has 0 unspecified atom stereocenters. The van der Waals surface area contributed by atoms with Gasteiger partial charge in [0.1, 0.15) is 11.5 Å². The summed E-state index contributed by atoms with van der Waals surface area (Å²) in [7, 11) is 0. The normalized spacial score (nSPS) is 15.2. The number of nitro benzene ring substituents is 1. The third-order valence-corrected chi connectivity index (χ3v) is 7.43. The van der Waals surface area contributed by atoms with E-state index < -0.39 is 16.9 Å². The summed E-state index contributed by atoms with van der Waals surface area (Å²) >= 11 is 4.42. The second-order valence-electron chi connectivity index (χ2n) is 8.33. The molecule has 0 bridgehead atoms. The van der Waals surface area contributed by atoms with Crippen molar-refractivity contribution in [3.63, 3.8) is 0 Å². The van der Waals surface area contributed by atoms with E-state index in [1.54, 1.807) is 44.2 Å². The van der Waals surface area contributed by atoms with E-state index in [2.05, 4.69) is 20.9 Å². The number of ether oxygens (including phenoxy) is 1. The number of nitrogens with zero attached hydrogens (tertiary/aromatic N) is 3. The number of rotatable bonds is 6. The fourth-order valence-corrected chi connectivity index (χ4v) is 5.69. The van der Waals surface area contributed by atoms with Gasteiger partial charge in [0.2, 0.25) is 0 Å². The van der Waals surface area contributed by atoms with Crippen LogP contribution >= 0.6 is 27.3 Å². The number of benzene rings is 2. The highest BCUT2D eigenvalue weighted by Gasteiger charge is 2.33. The topological polar surface area (TPSA) is 117 Å². The summed E-state index contributed by atoms with van der Waals surface area (Å²) < 4.78 is 13.6. The molecule has 2 aromatic carbocycles. The average Bonchev–Trinajstić information content (AvgIpc) is 3.48. The fraction of sp³-hybridized carbons (Fsp3) is 0.148. The number of fused-ring (bicyclic) bond motifs is 1. The lowest BCUT2D eigenvalue weighted by Gasteiger charge is -2.24. The number of esters is 1. The first-order valence-corrected chi connectivity index (χ1v) is 13.2. The van der Waals surface area contributed by atoms with Crippen molar-refractivity contribution < 1.29 is 18.9 Å². The van der Waals surface area contributed by atoms with E-state index in [1.165, 1.54) is 22.0 Å². The number of hydrogen-bond acceptors (Lipinski definition) is 8. The monoisotopic (exact) mass is 593 g/mol. The lowest BCUT2D eigenvalue weighted by Crippen LogP contribution is -2.39. The van der Waals surface area contributed by atoms with Gasteiger partial charge in [0.05, 0.1) is 38.9 Å². The molecule has 0 saturated heterocycles. The van der Waals surface area contributed by atoms with Gasteiger partial charge in [-0.15, -0.1) is 0 Å². The van der Waals surface area contributed by atoms with Crippen molar-refractivity contribution in [3.8, 4) is 11.3 Å². The Hall–Kier alpha value is -4.09. The third-order valence-electron chi connectivity index (χ3n) is 5.95. The maximum absolute atomic E-state index is 13.7. The number of carbonyl (C=O) groups excluding carboxylic acids is 1. The molecule has 38 heavy (non-hydrogen) atoms. The van der Waals surface area contributed by atoms with Gasteiger partial charge in [-0.1, -0.05) is 57.6 Å². The predicted octanol–water partition coefficient (Wildman–Crippen LogP) is 4.73. The van der Waals surface area contributed by atoms with Crippen LogP contribution in [-0.4, -0.2) is 22.1 Å². The first kappa shape index (κ1) is 25.6. The summed E-state index contributed by atoms with van der Waals surface area (Å²) in [4.78, 5) is 42.6. The number of furan rings is 1. The molecule has 3 heterocycles. The van der Waals surface area contributed by atoms with Crippen LogP contribution in [0.25, 0.3) is 17.4 Å². The predicted molar refractivity (Wildman–Crippen MR) is 145 cm³/mol.